The van der Waals surface area contributed by atoms with Gasteiger partial charge < -0.3 is 10.1 Å². The van der Waals surface area contributed by atoms with Gasteiger partial charge in [0, 0.05) is 17.0 Å². The zero-order valence-corrected chi connectivity index (χ0v) is 14.3. The number of hydrogen-bond donors (Lipinski definition) is 1. The van der Waals surface area contributed by atoms with Gasteiger partial charge in [-0.1, -0.05) is 18.2 Å². The first-order valence-electron chi connectivity index (χ1n) is 7.60. The van der Waals surface area contributed by atoms with Gasteiger partial charge >= 0.3 is 0 Å². The van der Waals surface area contributed by atoms with Crippen LogP contribution in [0.25, 0.3) is 10.2 Å². The van der Waals surface area contributed by atoms with Gasteiger partial charge in [0.25, 0.3) is 0 Å². The normalized spacial score (nSPS) is 13.3. The van der Waals surface area contributed by atoms with Crippen LogP contribution in [0.3, 0.4) is 0 Å². The van der Waals surface area contributed by atoms with Crippen molar-refractivity contribution in [2.45, 2.75) is 25.8 Å². The van der Waals surface area contributed by atoms with Gasteiger partial charge in [-0.25, -0.2) is 9.97 Å². The second-order valence-electron chi connectivity index (χ2n) is 5.54. The molecule has 0 bridgehead atoms. The maximum Gasteiger partial charge on any atom is 0.225 e. The molecule has 0 fully saturated rings. The van der Waals surface area contributed by atoms with Gasteiger partial charge in [-0.3, -0.25) is 0 Å². The van der Waals surface area contributed by atoms with Crippen LogP contribution < -0.4 is 10.1 Å². The molecule has 2 heterocycles. The first-order chi connectivity index (χ1) is 11.3. The van der Waals surface area contributed by atoms with Gasteiger partial charge in [-0.05, 0) is 42.5 Å². The third kappa shape index (κ3) is 2.64. The van der Waals surface area contributed by atoms with Gasteiger partial charge in [0.05, 0.1) is 12.5 Å². The van der Waals surface area contributed by atoms with Crippen LogP contribution in [0.5, 0.6) is 5.75 Å². The SMILES string of the molecule is COc1ccccc1CNc1nc(Cl)nc2sc3c(c12)CCC3. The van der Waals surface area contributed by atoms with Crippen LogP contribution in [0, 0.1) is 0 Å². The minimum Gasteiger partial charge on any atom is -0.496 e. The molecule has 6 heteroatoms. The number of benzene rings is 1. The van der Waals surface area contributed by atoms with E-state index in [1.54, 1.807) is 18.4 Å². The Kier molecular flexibility index (Phi) is 3.83. The van der Waals surface area contributed by atoms with E-state index in [-0.39, 0.29) is 0 Å². The zero-order valence-electron chi connectivity index (χ0n) is 12.7. The van der Waals surface area contributed by atoms with Crippen molar-refractivity contribution in [2.24, 2.45) is 0 Å². The van der Waals surface area contributed by atoms with Crippen LogP contribution in [0.4, 0.5) is 5.82 Å². The first kappa shape index (κ1) is 14.7. The lowest BCUT2D eigenvalue weighted by molar-refractivity contribution is 0.410. The molecule has 0 unspecified atom stereocenters. The highest BCUT2D eigenvalue weighted by Crippen LogP contribution is 2.40. The van der Waals surface area contributed by atoms with E-state index in [0.29, 0.717) is 11.8 Å². The molecule has 23 heavy (non-hydrogen) atoms. The molecule has 1 N–H and O–H groups in total. The Morgan fingerprint density at radius 2 is 2.13 bits per heavy atom. The van der Waals surface area contributed by atoms with Crippen LogP contribution in [-0.2, 0) is 19.4 Å². The van der Waals surface area contributed by atoms with E-state index in [4.69, 9.17) is 16.3 Å². The number of rotatable bonds is 4. The van der Waals surface area contributed by atoms with E-state index in [0.717, 1.165) is 40.2 Å². The third-order valence-corrected chi connectivity index (χ3v) is 5.53. The van der Waals surface area contributed by atoms with E-state index in [1.165, 1.54) is 16.9 Å². The minimum absolute atomic E-state index is 0.292. The second kappa shape index (κ2) is 5.98. The molecule has 0 radical (unpaired) electrons. The van der Waals surface area contributed by atoms with Crippen molar-refractivity contribution in [1.82, 2.24) is 9.97 Å². The molecule has 1 aliphatic rings. The molecule has 4 rings (SSSR count). The van der Waals surface area contributed by atoms with E-state index in [1.807, 2.05) is 24.3 Å². The highest BCUT2D eigenvalue weighted by atomic mass is 35.5. The summed E-state index contributed by atoms with van der Waals surface area (Å²) in [5, 5.41) is 4.86. The number of anilines is 1. The fourth-order valence-electron chi connectivity index (χ4n) is 3.13. The highest BCUT2D eigenvalue weighted by molar-refractivity contribution is 7.19. The number of nitrogens with zero attached hydrogens (tertiary/aromatic N) is 2. The van der Waals surface area contributed by atoms with Gasteiger partial charge in [0.2, 0.25) is 5.28 Å². The number of methoxy groups -OCH3 is 1. The quantitative estimate of drug-likeness (QED) is 0.709. The van der Waals surface area contributed by atoms with Crippen molar-refractivity contribution in [1.29, 1.82) is 0 Å². The van der Waals surface area contributed by atoms with Gasteiger partial charge in [0.15, 0.2) is 0 Å². The fourth-order valence-corrected chi connectivity index (χ4v) is 4.61. The van der Waals surface area contributed by atoms with Gasteiger partial charge in [0.1, 0.15) is 16.4 Å². The summed E-state index contributed by atoms with van der Waals surface area (Å²) in [7, 11) is 1.68. The molecule has 0 saturated heterocycles. The summed E-state index contributed by atoms with van der Waals surface area (Å²) < 4.78 is 5.41. The Morgan fingerprint density at radius 1 is 1.26 bits per heavy atom. The predicted molar refractivity (Wildman–Crippen MR) is 94.8 cm³/mol. The molecular formula is C17H16ClN3OS. The summed E-state index contributed by atoms with van der Waals surface area (Å²) >= 11 is 7.85. The second-order valence-corrected chi connectivity index (χ2v) is 6.97. The number of nitrogens with one attached hydrogen (secondary N) is 1. The number of para-hydroxylation sites is 1. The summed E-state index contributed by atoms with van der Waals surface area (Å²) in [6, 6.07) is 7.98. The van der Waals surface area contributed by atoms with E-state index < -0.39 is 0 Å². The molecule has 2 aromatic heterocycles. The largest absolute Gasteiger partial charge is 0.496 e. The Balaban J connectivity index is 1.71. The third-order valence-electron chi connectivity index (χ3n) is 4.18. The number of aromatic nitrogens is 2. The summed E-state index contributed by atoms with van der Waals surface area (Å²) in [5.41, 5.74) is 2.48. The first-order valence-corrected chi connectivity index (χ1v) is 8.79. The number of aryl methyl sites for hydroxylation is 2. The number of ether oxygens (including phenoxy) is 1. The number of halogens is 1. The molecule has 1 aromatic carbocycles. The summed E-state index contributed by atoms with van der Waals surface area (Å²) in [6.07, 6.45) is 3.45. The molecule has 0 spiro atoms. The smallest absolute Gasteiger partial charge is 0.225 e. The van der Waals surface area contributed by atoms with Crippen molar-refractivity contribution < 1.29 is 4.74 Å². The lowest BCUT2D eigenvalue weighted by atomic mass is 10.1. The maximum atomic E-state index is 6.11. The monoisotopic (exact) mass is 345 g/mol. The lowest BCUT2D eigenvalue weighted by Gasteiger charge is -2.11. The average Bonchev–Trinajstić information content (AvgIpc) is 3.13. The molecule has 1 aliphatic carbocycles. The molecule has 118 valence electrons. The molecule has 0 saturated carbocycles. The van der Waals surface area contributed by atoms with Crippen LogP contribution in [0.15, 0.2) is 24.3 Å². The topological polar surface area (TPSA) is 47.0 Å². The zero-order chi connectivity index (χ0) is 15.8. The number of hydrogen-bond acceptors (Lipinski definition) is 5. The molecule has 4 nitrogen and oxygen atoms in total. The van der Waals surface area contributed by atoms with Crippen LogP contribution in [-0.4, -0.2) is 17.1 Å². The van der Waals surface area contributed by atoms with E-state index >= 15 is 0 Å². The summed E-state index contributed by atoms with van der Waals surface area (Å²) in [4.78, 5) is 11.2. The Morgan fingerprint density at radius 3 is 3.00 bits per heavy atom. The Hall–Kier alpha value is -1.85. The summed E-state index contributed by atoms with van der Waals surface area (Å²) in [5.74, 6) is 1.69. The fraction of sp³-hybridized carbons (Fsp3) is 0.294. The van der Waals surface area contributed by atoms with E-state index in [9.17, 15) is 0 Å². The predicted octanol–water partition coefficient (Wildman–Crippen LogP) is 4.45. The minimum atomic E-state index is 0.292. The average molecular weight is 346 g/mol. The molecule has 0 amide bonds. The number of fused-ring (bicyclic) bond motifs is 3. The maximum absolute atomic E-state index is 6.11. The number of thiophene rings is 1. The van der Waals surface area contributed by atoms with Crippen LogP contribution in [0.2, 0.25) is 5.28 Å². The lowest BCUT2D eigenvalue weighted by Crippen LogP contribution is -2.04. The molecule has 3 aromatic rings. The van der Waals surface area contributed by atoms with Crippen molar-refractivity contribution in [2.75, 3.05) is 12.4 Å². The molecular weight excluding hydrogens is 330 g/mol. The van der Waals surface area contributed by atoms with E-state index in [2.05, 4.69) is 15.3 Å². The summed E-state index contributed by atoms with van der Waals surface area (Å²) in [6.45, 7) is 0.636. The van der Waals surface area contributed by atoms with Crippen LogP contribution in [0.1, 0.15) is 22.4 Å². The van der Waals surface area contributed by atoms with Crippen molar-refractivity contribution in [3.05, 3.63) is 45.6 Å². The highest BCUT2D eigenvalue weighted by Gasteiger charge is 2.22. The van der Waals surface area contributed by atoms with Crippen LogP contribution >= 0.6 is 22.9 Å². The standard InChI is InChI=1S/C17H16ClN3OS/c1-22-12-7-3-2-5-10(12)9-19-15-14-11-6-4-8-13(11)23-16(14)21-17(18)20-15/h2-3,5,7H,4,6,8-9H2,1H3,(H,19,20,21). The Bertz CT molecular complexity index is 878. The Labute approximate surface area is 143 Å². The van der Waals surface area contributed by atoms with Gasteiger partial charge in [-0.2, -0.15) is 0 Å². The molecule has 0 aliphatic heterocycles. The van der Waals surface area contributed by atoms with Crippen molar-refractivity contribution >= 4 is 39.0 Å². The molecule has 0 atom stereocenters. The van der Waals surface area contributed by atoms with Crippen molar-refractivity contribution in [3.8, 4) is 5.75 Å². The van der Waals surface area contributed by atoms with Crippen molar-refractivity contribution in [3.63, 3.8) is 0 Å². The van der Waals surface area contributed by atoms with Gasteiger partial charge in [-0.15, -0.1) is 11.3 Å².